The van der Waals surface area contributed by atoms with Crippen LogP contribution in [-0.2, 0) is 6.42 Å². The van der Waals surface area contributed by atoms with Gasteiger partial charge in [-0.05, 0) is 42.3 Å². The Labute approximate surface area is 173 Å². The van der Waals surface area contributed by atoms with Gasteiger partial charge in [0.25, 0.3) is 5.91 Å². The van der Waals surface area contributed by atoms with Gasteiger partial charge >= 0.3 is 0 Å². The number of aromatic amines is 1. The molecule has 3 rings (SSSR count). The summed E-state index contributed by atoms with van der Waals surface area (Å²) in [6.45, 7) is 3.63. The van der Waals surface area contributed by atoms with E-state index in [4.69, 9.17) is 11.6 Å². The predicted octanol–water partition coefficient (Wildman–Crippen LogP) is 4.64. The molecule has 0 saturated carbocycles. The van der Waals surface area contributed by atoms with Crippen LogP contribution in [0.15, 0.2) is 48.8 Å². The zero-order valence-corrected chi connectivity index (χ0v) is 16.8. The molecule has 1 heterocycles. The van der Waals surface area contributed by atoms with Crippen LogP contribution >= 0.6 is 11.6 Å². The summed E-state index contributed by atoms with van der Waals surface area (Å²) in [7, 11) is 0. The summed E-state index contributed by atoms with van der Waals surface area (Å²) in [5.41, 5.74) is 3.08. The fourth-order valence-corrected chi connectivity index (χ4v) is 3.21. The van der Waals surface area contributed by atoms with Gasteiger partial charge in [-0.2, -0.15) is 0 Å². The Morgan fingerprint density at radius 1 is 1.07 bits per heavy atom. The molecule has 0 bridgehead atoms. The van der Waals surface area contributed by atoms with Crippen molar-refractivity contribution in [1.82, 2.24) is 9.97 Å². The van der Waals surface area contributed by atoms with E-state index in [1.165, 1.54) is 6.33 Å². The maximum absolute atomic E-state index is 12.5. The number of nitrogens with one attached hydrogen (secondary N) is 2. The largest absolute Gasteiger partial charge is 0.340 e. The van der Waals surface area contributed by atoms with E-state index in [0.29, 0.717) is 16.3 Å². The lowest BCUT2D eigenvalue weighted by atomic mass is 10.0. The number of rotatable bonds is 7. The van der Waals surface area contributed by atoms with E-state index in [9.17, 15) is 14.4 Å². The van der Waals surface area contributed by atoms with E-state index >= 15 is 0 Å². The first-order valence-corrected chi connectivity index (χ1v) is 9.53. The maximum atomic E-state index is 12.5. The number of amides is 1. The molecular formula is C22H20ClN3O3. The number of carbonyl (C=O) groups is 3. The zero-order chi connectivity index (χ0) is 21.0. The Bertz CT molecular complexity index is 1070. The van der Waals surface area contributed by atoms with Gasteiger partial charge in [0.1, 0.15) is 11.4 Å². The Kier molecular flexibility index (Phi) is 6.24. The fourth-order valence-electron chi connectivity index (χ4n) is 2.87. The molecule has 0 saturated heterocycles. The lowest BCUT2D eigenvalue weighted by Gasteiger charge is -2.08. The molecule has 0 unspecified atom stereocenters. The third-order valence-electron chi connectivity index (χ3n) is 4.45. The van der Waals surface area contributed by atoms with Crippen LogP contribution < -0.4 is 5.32 Å². The standard InChI is InChI=1S/C22H20ClN3O3/c1-3-18(27)20-21(25-12-24-20)22(29)26-15-7-5-14(6-8-15)11-19(28)16-9-4-13(2)10-17(16)23/h4-10,12H,3,11H2,1-2H3,(H,24,25)(H,26,29). The van der Waals surface area contributed by atoms with E-state index in [2.05, 4.69) is 15.3 Å². The van der Waals surface area contributed by atoms with Crippen molar-refractivity contribution in [3.05, 3.63) is 81.9 Å². The van der Waals surface area contributed by atoms with Crippen molar-refractivity contribution in [2.24, 2.45) is 0 Å². The van der Waals surface area contributed by atoms with Crippen LogP contribution in [0.1, 0.15) is 55.8 Å². The molecule has 0 atom stereocenters. The summed E-state index contributed by atoms with van der Waals surface area (Å²) in [6, 6.07) is 12.3. The van der Waals surface area contributed by atoms with E-state index in [1.54, 1.807) is 43.3 Å². The van der Waals surface area contributed by atoms with E-state index in [0.717, 1.165) is 11.1 Å². The van der Waals surface area contributed by atoms with Crippen molar-refractivity contribution >= 4 is 34.8 Å². The van der Waals surface area contributed by atoms with Crippen LogP contribution in [0, 0.1) is 6.92 Å². The summed E-state index contributed by atoms with van der Waals surface area (Å²) in [5, 5.41) is 3.16. The van der Waals surface area contributed by atoms with Crippen LogP contribution in [0.3, 0.4) is 0 Å². The lowest BCUT2D eigenvalue weighted by Crippen LogP contribution is -2.16. The van der Waals surface area contributed by atoms with E-state index in [1.807, 2.05) is 13.0 Å². The molecule has 0 fully saturated rings. The average Bonchev–Trinajstić information content (AvgIpc) is 3.19. The Balaban J connectivity index is 1.67. The van der Waals surface area contributed by atoms with Gasteiger partial charge in [-0.25, -0.2) is 4.98 Å². The van der Waals surface area contributed by atoms with Crippen molar-refractivity contribution in [3.8, 4) is 0 Å². The lowest BCUT2D eigenvalue weighted by molar-refractivity contribution is 0.0963. The van der Waals surface area contributed by atoms with Gasteiger partial charge in [-0.3, -0.25) is 14.4 Å². The zero-order valence-electron chi connectivity index (χ0n) is 16.1. The first kappa shape index (κ1) is 20.5. The number of hydrogen-bond acceptors (Lipinski definition) is 4. The quantitative estimate of drug-likeness (QED) is 0.556. The number of ketones is 2. The number of anilines is 1. The second-order valence-electron chi connectivity index (χ2n) is 6.64. The van der Waals surface area contributed by atoms with Crippen LogP contribution in [0.2, 0.25) is 5.02 Å². The number of H-pyrrole nitrogens is 1. The van der Waals surface area contributed by atoms with Crippen molar-refractivity contribution in [2.45, 2.75) is 26.7 Å². The molecule has 2 aromatic carbocycles. The number of nitrogens with zero attached hydrogens (tertiary/aromatic N) is 1. The second kappa shape index (κ2) is 8.84. The van der Waals surface area contributed by atoms with Crippen LogP contribution in [0.4, 0.5) is 5.69 Å². The number of carbonyl (C=O) groups excluding carboxylic acids is 3. The van der Waals surface area contributed by atoms with Gasteiger partial charge in [0.05, 0.1) is 11.3 Å². The number of imidazole rings is 1. The molecule has 0 spiro atoms. The number of Topliss-reactive ketones (excluding diaryl/α,β-unsaturated/α-hetero) is 2. The minimum absolute atomic E-state index is 0.0769. The number of halogens is 1. The molecule has 0 aliphatic heterocycles. The van der Waals surface area contributed by atoms with E-state index in [-0.39, 0.29) is 35.8 Å². The molecule has 7 heteroatoms. The number of benzene rings is 2. The molecule has 2 N–H and O–H groups in total. The topological polar surface area (TPSA) is 91.9 Å². The van der Waals surface area contributed by atoms with Crippen molar-refractivity contribution in [3.63, 3.8) is 0 Å². The molecule has 1 aromatic heterocycles. The molecular weight excluding hydrogens is 390 g/mol. The van der Waals surface area contributed by atoms with Gasteiger partial charge in [0.2, 0.25) is 0 Å². The van der Waals surface area contributed by atoms with Gasteiger partial charge in [0, 0.05) is 24.1 Å². The van der Waals surface area contributed by atoms with Crippen molar-refractivity contribution in [2.75, 3.05) is 5.32 Å². The second-order valence-corrected chi connectivity index (χ2v) is 7.04. The molecule has 0 aliphatic rings. The highest BCUT2D eigenvalue weighted by atomic mass is 35.5. The van der Waals surface area contributed by atoms with Crippen LogP contribution in [-0.4, -0.2) is 27.4 Å². The van der Waals surface area contributed by atoms with Crippen LogP contribution in [0.5, 0.6) is 0 Å². The van der Waals surface area contributed by atoms with Gasteiger partial charge in [-0.1, -0.05) is 36.7 Å². The minimum Gasteiger partial charge on any atom is -0.340 e. The average molecular weight is 410 g/mol. The van der Waals surface area contributed by atoms with Gasteiger partial charge in [-0.15, -0.1) is 0 Å². The highest BCUT2D eigenvalue weighted by Crippen LogP contribution is 2.20. The third-order valence-corrected chi connectivity index (χ3v) is 4.77. The predicted molar refractivity (Wildman–Crippen MR) is 112 cm³/mol. The normalized spacial score (nSPS) is 10.6. The molecule has 0 aliphatic carbocycles. The highest BCUT2D eigenvalue weighted by Gasteiger charge is 2.19. The molecule has 1 amide bonds. The Hall–Kier alpha value is -3.25. The summed E-state index contributed by atoms with van der Waals surface area (Å²) in [4.78, 5) is 43.4. The molecule has 0 radical (unpaired) electrons. The van der Waals surface area contributed by atoms with Crippen molar-refractivity contribution < 1.29 is 14.4 Å². The summed E-state index contributed by atoms with van der Waals surface area (Å²) in [6.07, 6.45) is 1.79. The number of aromatic nitrogens is 2. The van der Waals surface area contributed by atoms with Crippen LogP contribution in [0.25, 0.3) is 0 Å². The third kappa shape index (κ3) is 4.78. The van der Waals surface area contributed by atoms with Crippen molar-refractivity contribution in [1.29, 1.82) is 0 Å². The first-order chi connectivity index (χ1) is 13.9. The summed E-state index contributed by atoms with van der Waals surface area (Å²) >= 11 is 6.17. The fraction of sp³-hybridized carbons (Fsp3) is 0.182. The van der Waals surface area contributed by atoms with Gasteiger partial charge < -0.3 is 10.3 Å². The van der Waals surface area contributed by atoms with E-state index < -0.39 is 5.91 Å². The number of aryl methyl sites for hydroxylation is 1. The molecule has 6 nitrogen and oxygen atoms in total. The number of hydrogen-bond donors (Lipinski definition) is 2. The molecule has 148 valence electrons. The minimum atomic E-state index is -0.449. The highest BCUT2D eigenvalue weighted by molar-refractivity contribution is 6.34. The summed E-state index contributed by atoms with van der Waals surface area (Å²) < 4.78 is 0. The molecule has 29 heavy (non-hydrogen) atoms. The SMILES string of the molecule is CCC(=O)c1nc[nH]c1C(=O)Nc1ccc(CC(=O)c2ccc(C)cc2Cl)cc1. The van der Waals surface area contributed by atoms with Gasteiger partial charge in [0.15, 0.2) is 11.6 Å². The molecule has 3 aromatic rings. The summed E-state index contributed by atoms with van der Waals surface area (Å²) in [5.74, 6) is -0.735. The smallest absolute Gasteiger partial charge is 0.274 e. The first-order valence-electron chi connectivity index (χ1n) is 9.15. The Morgan fingerprint density at radius 3 is 2.45 bits per heavy atom. The maximum Gasteiger partial charge on any atom is 0.274 e. The monoisotopic (exact) mass is 409 g/mol. The Morgan fingerprint density at radius 2 is 1.79 bits per heavy atom.